The summed E-state index contributed by atoms with van der Waals surface area (Å²) >= 11 is 11.9. The third kappa shape index (κ3) is 5.33. The maximum atomic E-state index is 12.4. The summed E-state index contributed by atoms with van der Waals surface area (Å²) in [5.74, 6) is 0.431. The van der Waals surface area contributed by atoms with Crippen molar-refractivity contribution in [3.8, 4) is 5.69 Å². The molecule has 0 atom stereocenters. The molecule has 0 saturated heterocycles. The van der Waals surface area contributed by atoms with Gasteiger partial charge < -0.3 is 9.88 Å². The lowest BCUT2D eigenvalue weighted by molar-refractivity contribution is -0.119. The number of benzene rings is 2. The minimum Gasteiger partial charge on any atom is -0.350 e. The molecule has 0 spiro atoms. The third-order valence-corrected chi connectivity index (χ3v) is 6.29. The molecule has 30 heavy (non-hydrogen) atoms. The highest BCUT2D eigenvalue weighted by Gasteiger charge is 2.21. The number of aromatic nitrogens is 2. The van der Waals surface area contributed by atoms with E-state index in [1.807, 2.05) is 42.0 Å². The molecular weight excluding hydrogens is 447 g/mol. The quantitative estimate of drug-likeness (QED) is 0.576. The van der Waals surface area contributed by atoms with E-state index in [9.17, 15) is 13.2 Å². The van der Waals surface area contributed by atoms with E-state index in [-0.39, 0.29) is 23.8 Å². The fourth-order valence-electron chi connectivity index (χ4n) is 2.85. The Balaban J connectivity index is 1.66. The van der Waals surface area contributed by atoms with Crippen LogP contribution in [-0.2, 0) is 21.4 Å². The number of halogens is 2. The smallest absolute Gasteiger partial charge is 0.241 e. The van der Waals surface area contributed by atoms with Gasteiger partial charge in [0.25, 0.3) is 0 Å². The van der Waals surface area contributed by atoms with Crippen molar-refractivity contribution < 1.29 is 13.2 Å². The van der Waals surface area contributed by atoms with Gasteiger partial charge in [0.1, 0.15) is 12.4 Å². The van der Waals surface area contributed by atoms with Crippen molar-refractivity contribution in [2.45, 2.75) is 13.5 Å². The van der Waals surface area contributed by atoms with Gasteiger partial charge in [-0.2, -0.15) is 0 Å². The third-order valence-electron chi connectivity index (χ3n) is 4.41. The summed E-state index contributed by atoms with van der Waals surface area (Å²) in [6, 6.07) is 12.0. The highest BCUT2D eigenvalue weighted by atomic mass is 35.5. The summed E-state index contributed by atoms with van der Waals surface area (Å²) < 4.78 is 27.3. The number of imidazole rings is 1. The molecule has 3 aromatic rings. The summed E-state index contributed by atoms with van der Waals surface area (Å²) in [4.78, 5) is 16.6. The highest BCUT2D eigenvalue weighted by molar-refractivity contribution is 7.92. The number of nitrogens with zero attached hydrogens (tertiary/aromatic N) is 3. The molecule has 1 N–H and O–H groups in total. The molecule has 7 nitrogen and oxygen atoms in total. The van der Waals surface area contributed by atoms with Crippen molar-refractivity contribution >= 4 is 44.8 Å². The van der Waals surface area contributed by atoms with Gasteiger partial charge in [0, 0.05) is 24.6 Å². The largest absolute Gasteiger partial charge is 0.350 e. The molecule has 0 fully saturated rings. The molecule has 0 saturated carbocycles. The fraction of sp³-hybridized carbons (Fsp3) is 0.200. The zero-order chi connectivity index (χ0) is 21.9. The number of hydrogen-bond donors (Lipinski definition) is 1. The first-order valence-electron chi connectivity index (χ1n) is 8.94. The van der Waals surface area contributed by atoms with E-state index in [2.05, 4.69) is 10.3 Å². The lowest BCUT2D eigenvalue weighted by Gasteiger charge is -2.22. The fourth-order valence-corrected chi connectivity index (χ4v) is 3.99. The lowest BCUT2D eigenvalue weighted by Crippen LogP contribution is -2.40. The number of carbonyl (C=O) groups is 1. The van der Waals surface area contributed by atoms with Crippen LogP contribution in [0.3, 0.4) is 0 Å². The number of anilines is 1. The number of nitrogens with one attached hydrogen (secondary N) is 1. The Labute approximate surface area is 185 Å². The molecule has 1 heterocycles. The Morgan fingerprint density at radius 2 is 1.83 bits per heavy atom. The van der Waals surface area contributed by atoms with Crippen LogP contribution >= 0.6 is 23.2 Å². The summed E-state index contributed by atoms with van der Waals surface area (Å²) in [6.45, 7) is 1.81. The predicted molar refractivity (Wildman–Crippen MR) is 119 cm³/mol. The maximum Gasteiger partial charge on any atom is 0.241 e. The normalized spacial score (nSPS) is 11.3. The Morgan fingerprint density at radius 1 is 1.13 bits per heavy atom. The van der Waals surface area contributed by atoms with Crippen molar-refractivity contribution in [1.82, 2.24) is 14.9 Å². The van der Waals surface area contributed by atoms with Gasteiger partial charge in [-0.05, 0) is 42.8 Å². The first-order valence-corrected chi connectivity index (χ1v) is 11.5. The predicted octanol–water partition coefficient (Wildman–Crippen LogP) is 3.57. The van der Waals surface area contributed by atoms with E-state index in [0.29, 0.717) is 5.02 Å². The molecule has 10 heteroatoms. The second-order valence-corrected chi connectivity index (χ2v) is 9.38. The standard InChI is InChI=1S/C20H20Cl2N4O3S/c1-14-23-9-10-25(14)16-5-3-15(4-6-16)12-24-20(27)13-26(30(2,28)29)17-7-8-18(21)19(22)11-17/h3-11H,12-13H2,1-2H3,(H,24,27). The highest BCUT2D eigenvalue weighted by Crippen LogP contribution is 2.28. The van der Waals surface area contributed by atoms with Crippen LogP contribution in [-0.4, -0.2) is 36.7 Å². The molecule has 0 bridgehead atoms. The Kier molecular flexibility index (Phi) is 6.70. The Morgan fingerprint density at radius 3 is 2.40 bits per heavy atom. The van der Waals surface area contributed by atoms with Crippen LogP contribution in [0.15, 0.2) is 54.9 Å². The molecule has 0 radical (unpaired) electrons. The van der Waals surface area contributed by atoms with Crippen molar-refractivity contribution in [2.24, 2.45) is 0 Å². The van der Waals surface area contributed by atoms with Gasteiger partial charge >= 0.3 is 0 Å². The average molecular weight is 467 g/mol. The molecular formula is C20H20Cl2N4O3S. The molecule has 158 valence electrons. The number of aryl methyl sites for hydroxylation is 1. The minimum absolute atomic E-state index is 0.205. The zero-order valence-corrected chi connectivity index (χ0v) is 18.7. The van der Waals surface area contributed by atoms with Crippen LogP contribution < -0.4 is 9.62 Å². The molecule has 1 amide bonds. The maximum absolute atomic E-state index is 12.4. The van der Waals surface area contributed by atoms with Crippen LogP contribution in [0.25, 0.3) is 5.69 Å². The van der Waals surface area contributed by atoms with E-state index in [4.69, 9.17) is 23.2 Å². The van der Waals surface area contributed by atoms with Gasteiger partial charge in [-0.1, -0.05) is 35.3 Å². The number of hydrogen-bond acceptors (Lipinski definition) is 4. The van der Waals surface area contributed by atoms with Crippen molar-refractivity contribution in [1.29, 1.82) is 0 Å². The van der Waals surface area contributed by atoms with E-state index in [0.717, 1.165) is 27.6 Å². The van der Waals surface area contributed by atoms with Crippen LogP contribution in [0, 0.1) is 6.92 Å². The molecule has 0 aliphatic carbocycles. The van der Waals surface area contributed by atoms with Gasteiger partial charge in [-0.25, -0.2) is 13.4 Å². The number of sulfonamides is 1. The second-order valence-electron chi connectivity index (χ2n) is 6.66. The first-order chi connectivity index (χ1) is 14.1. The average Bonchev–Trinajstić information content (AvgIpc) is 3.12. The van der Waals surface area contributed by atoms with Crippen molar-refractivity contribution in [2.75, 3.05) is 17.1 Å². The summed E-state index contributed by atoms with van der Waals surface area (Å²) in [5, 5.41) is 3.24. The molecule has 3 rings (SSSR count). The van der Waals surface area contributed by atoms with E-state index < -0.39 is 15.9 Å². The lowest BCUT2D eigenvalue weighted by atomic mass is 10.2. The number of rotatable bonds is 7. The van der Waals surface area contributed by atoms with E-state index in [1.165, 1.54) is 18.2 Å². The van der Waals surface area contributed by atoms with Crippen LogP contribution in [0.2, 0.25) is 10.0 Å². The summed E-state index contributed by atoms with van der Waals surface area (Å²) in [5.41, 5.74) is 2.11. The van der Waals surface area contributed by atoms with Crippen LogP contribution in [0.1, 0.15) is 11.4 Å². The van der Waals surface area contributed by atoms with Crippen molar-refractivity contribution in [3.63, 3.8) is 0 Å². The van der Waals surface area contributed by atoms with Crippen LogP contribution in [0.5, 0.6) is 0 Å². The number of amides is 1. The monoisotopic (exact) mass is 466 g/mol. The molecule has 2 aromatic carbocycles. The second kappa shape index (κ2) is 9.07. The molecule has 0 unspecified atom stereocenters. The topological polar surface area (TPSA) is 84.3 Å². The SMILES string of the molecule is Cc1nccn1-c1ccc(CNC(=O)CN(c2ccc(Cl)c(Cl)c2)S(C)(=O)=O)cc1. The van der Waals surface area contributed by atoms with Crippen LogP contribution in [0.4, 0.5) is 5.69 Å². The Hall–Kier alpha value is -2.55. The molecule has 1 aromatic heterocycles. The minimum atomic E-state index is -3.70. The van der Waals surface area contributed by atoms with Crippen molar-refractivity contribution in [3.05, 3.63) is 76.3 Å². The summed E-state index contributed by atoms with van der Waals surface area (Å²) in [7, 11) is -3.70. The van der Waals surface area contributed by atoms with Gasteiger partial charge in [-0.3, -0.25) is 9.10 Å². The number of carbonyl (C=O) groups excluding carboxylic acids is 1. The van der Waals surface area contributed by atoms with Gasteiger partial charge in [-0.15, -0.1) is 0 Å². The van der Waals surface area contributed by atoms with E-state index in [1.54, 1.807) is 6.20 Å². The Bertz CT molecular complexity index is 1160. The van der Waals surface area contributed by atoms with Gasteiger partial charge in [0.2, 0.25) is 15.9 Å². The van der Waals surface area contributed by atoms with Gasteiger partial charge in [0.05, 0.1) is 22.0 Å². The molecule has 0 aliphatic rings. The first kappa shape index (κ1) is 22.1. The molecule has 0 aliphatic heterocycles. The summed E-state index contributed by atoms with van der Waals surface area (Å²) in [6.07, 6.45) is 4.62. The van der Waals surface area contributed by atoms with E-state index >= 15 is 0 Å². The zero-order valence-electron chi connectivity index (χ0n) is 16.3. The van der Waals surface area contributed by atoms with Gasteiger partial charge in [0.15, 0.2) is 0 Å².